The second-order valence-electron chi connectivity index (χ2n) is 15.5. The zero-order valence-corrected chi connectivity index (χ0v) is 31.1. The van der Waals surface area contributed by atoms with Crippen molar-refractivity contribution in [1.29, 1.82) is 0 Å². The Balaban J connectivity index is 0.000000743. The van der Waals surface area contributed by atoms with Crippen LogP contribution in [0.25, 0.3) is 0 Å². The number of carbonyl (C=O) groups is 3. The zero-order valence-electron chi connectivity index (χ0n) is 31.1. The summed E-state index contributed by atoms with van der Waals surface area (Å²) >= 11 is 0. The van der Waals surface area contributed by atoms with Crippen molar-refractivity contribution in [1.82, 2.24) is 15.1 Å². The van der Waals surface area contributed by atoms with E-state index >= 15 is 0 Å². The number of nitrogens with two attached hydrogens (primary N) is 1. The first-order chi connectivity index (χ1) is 21.6. The quantitative estimate of drug-likeness (QED) is 0.150. The van der Waals surface area contributed by atoms with Crippen molar-refractivity contribution in [3.05, 3.63) is 24.3 Å². The lowest BCUT2D eigenvalue weighted by atomic mass is 9.79. The number of aldehydes is 1. The standard InChI is InChI=1S/C18H34N2O3.C10H16O2.C8H18N2O2/c1-17(2,3)23-16(22)20(5)13-12-19-14-18(4)10-7-6-8-15(21)9-11-18;1-10(8-11)6-3-2-4-9(12)5-7-10;1-8(2,3)12-7(11)10(4)6-5-9/h6,8,15,19,21H,7,9-14H2,1-5H3;2,4,8-9,12H,3,5-7H2,1H3;5-6,9H2,1-4H3/b8-6-;4-2-;. The van der Waals surface area contributed by atoms with E-state index in [9.17, 15) is 24.6 Å². The van der Waals surface area contributed by atoms with Gasteiger partial charge >= 0.3 is 12.2 Å². The van der Waals surface area contributed by atoms with Gasteiger partial charge in [0.05, 0.1) is 12.2 Å². The number of hydrogen-bond acceptors (Lipinski definition) is 9. The molecule has 2 amide bonds. The molecule has 0 radical (unpaired) electrons. The summed E-state index contributed by atoms with van der Waals surface area (Å²) in [5.41, 5.74) is 4.37. The normalized spacial score (nSPS) is 26.1. The van der Waals surface area contributed by atoms with Crippen LogP contribution in [0, 0.1) is 10.8 Å². The van der Waals surface area contributed by atoms with Crippen molar-refractivity contribution < 1.29 is 34.1 Å². The molecule has 0 aromatic heterocycles. The van der Waals surface area contributed by atoms with E-state index in [-0.39, 0.29) is 35.2 Å². The number of allylic oxidation sites excluding steroid dienone is 2. The highest BCUT2D eigenvalue weighted by Crippen LogP contribution is 2.31. The van der Waals surface area contributed by atoms with Gasteiger partial charge in [-0.2, -0.15) is 0 Å². The third-order valence-electron chi connectivity index (χ3n) is 7.90. The van der Waals surface area contributed by atoms with Crippen molar-refractivity contribution in [2.24, 2.45) is 16.6 Å². The first-order valence-corrected chi connectivity index (χ1v) is 17.1. The Morgan fingerprint density at radius 2 is 1.32 bits per heavy atom. The molecule has 2 aliphatic rings. The minimum atomic E-state index is -0.459. The molecule has 2 rings (SSSR count). The summed E-state index contributed by atoms with van der Waals surface area (Å²) in [5, 5.41) is 22.6. The molecule has 0 aromatic carbocycles. The molecule has 11 nitrogen and oxygen atoms in total. The number of hydrogen-bond donors (Lipinski definition) is 4. The molecular weight excluding hydrogens is 600 g/mol. The average Bonchev–Trinajstić information content (AvgIpc) is 2.95. The monoisotopic (exact) mass is 669 g/mol. The number of ether oxygens (including phenoxy) is 2. The van der Waals surface area contributed by atoms with E-state index in [1.54, 1.807) is 19.0 Å². The molecule has 5 N–H and O–H groups in total. The summed E-state index contributed by atoms with van der Waals surface area (Å²) in [6.07, 6.45) is 14.8. The molecule has 4 unspecified atom stereocenters. The topological polar surface area (TPSA) is 155 Å². The van der Waals surface area contributed by atoms with Crippen LogP contribution < -0.4 is 11.1 Å². The molecule has 2 aliphatic carbocycles. The molecule has 4 atom stereocenters. The van der Waals surface area contributed by atoms with Crippen LogP contribution in [-0.2, 0) is 14.3 Å². The number of aliphatic hydroxyl groups excluding tert-OH is 2. The van der Waals surface area contributed by atoms with Gasteiger partial charge < -0.3 is 45.3 Å². The molecule has 47 heavy (non-hydrogen) atoms. The van der Waals surface area contributed by atoms with Crippen LogP contribution in [0.4, 0.5) is 9.59 Å². The molecule has 274 valence electrons. The molecule has 0 saturated carbocycles. The highest BCUT2D eigenvalue weighted by molar-refractivity contribution is 5.68. The van der Waals surface area contributed by atoms with Crippen LogP contribution in [0.1, 0.15) is 107 Å². The smallest absolute Gasteiger partial charge is 0.410 e. The Morgan fingerprint density at radius 1 is 0.851 bits per heavy atom. The van der Waals surface area contributed by atoms with Crippen molar-refractivity contribution in [2.75, 3.05) is 46.8 Å². The maximum absolute atomic E-state index is 11.9. The molecule has 0 bridgehead atoms. The minimum Gasteiger partial charge on any atom is -0.444 e. The summed E-state index contributed by atoms with van der Waals surface area (Å²) < 4.78 is 10.4. The number of nitrogens with zero attached hydrogens (tertiary/aromatic N) is 2. The molecule has 0 heterocycles. The lowest BCUT2D eigenvalue weighted by Crippen LogP contribution is -2.40. The predicted molar refractivity (Wildman–Crippen MR) is 189 cm³/mol. The van der Waals surface area contributed by atoms with E-state index in [2.05, 4.69) is 18.3 Å². The summed E-state index contributed by atoms with van der Waals surface area (Å²) in [7, 11) is 3.43. The van der Waals surface area contributed by atoms with E-state index in [0.29, 0.717) is 26.1 Å². The molecule has 0 aromatic rings. The average molecular weight is 669 g/mol. The van der Waals surface area contributed by atoms with Gasteiger partial charge in [-0.15, -0.1) is 0 Å². The molecule has 0 saturated heterocycles. The van der Waals surface area contributed by atoms with E-state index in [4.69, 9.17) is 15.2 Å². The summed E-state index contributed by atoms with van der Waals surface area (Å²) in [6, 6.07) is 0. The number of aliphatic hydroxyl groups is 2. The van der Waals surface area contributed by atoms with Crippen LogP contribution in [0.3, 0.4) is 0 Å². The fraction of sp³-hybridized carbons (Fsp3) is 0.806. The summed E-state index contributed by atoms with van der Waals surface area (Å²) in [4.78, 5) is 36.9. The van der Waals surface area contributed by atoms with E-state index in [1.165, 1.54) is 4.90 Å². The SMILES string of the molecule is CC1(C=O)CC/C=C\C(O)CC1.CN(CCN)C(=O)OC(C)(C)C.CN(CCNCC1(C)CC/C=C\C(O)CC1)C(=O)OC(C)(C)C. The number of likely N-dealkylation sites (N-methyl/N-ethyl adjacent to an activating group) is 2. The van der Waals surface area contributed by atoms with Gasteiger partial charge in [-0.05, 0) is 98.3 Å². The third kappa shape index (κ3) is 22.7. The van der Waals surface area contributed by atoms with Gasteiger partial charge in [0.2, 0.25) is 0 Å². The lowest BCUT2D eigenvalue weighted by Gasteiger charge is -2.32. The Hall–Kier alpha value is -2.47. The first kappa shape index (κ1) is 44.5. The molecule has 0 spiro atoms. The van der Waals surface area contributed by atoms with Gasteiger partial charge in [-0.25, -0.2) is 9.59 Å². The zero-order chi connectivity index (χ0) is 36.3. The Labute approximate surface area is 285 Å². The van der Waals surface area contributed by atoms with E-state index in [1.807, 2.05) is 66.7 Å². The maximum atomic E-state index is 11.9. The number of amides is 2. The number of nitrogens with one attached hydrogen (secondary N) is 1. The van der Waals surface area contributed by atoms with Crippen LogP contribution in [0.15, 0.2) is 24.3 Å². The van der Waals surface area contributed by atoms with Gasteiger partial charge in [-0.1, -0.05) is 38.2 Å². The fourth-order valence-electron chi connectivity index (χ4n) is 4.76. The van der Waals surface area contributed by atoms with Gasteiger partial charge in [0.15, 0.2) is 0 Å². The summed E-state index contributed by atoms with van der Waals surface area (Å²) in [6.45, 7) is 18.6. The van der Waals surface area contributed by atoms with E-state index < -0.39 is 11.2 Å². The van der Waals surface area contributed by atoms with E-state index in [0.717, 1.165) is 64.3 Å². The van der Waals surface area contributed by atoms with Crippen LogP contribution in [-0.4, -0.2) is 109 Å². The van der Waals surface area contributed by atoms with Crippen molar-refractivity contribution >= 4 is 18.5 Å². The molecule has 0 fully saturated rings. The largest absolute Gasteiger partial charge is 0.444 e. The van der Waals surface area contributed by atoms with Gasteiger partial charge in [-0.3, -0.25) is 0 Å². The van der Waals surface area contributed by atoms with Crippen LogP contribution in [0.5, 0.6) is 0 Å². The fourth-order valence-corrected chi connectivity index (χ4v) is 4.76. The first-order valence-electron chi connectivity index (χ1n) is 17.1. The van der Waals surface area contributed by atoms with Gasteiger partial charge in [0.1, 0.15) is 17.5 Å². The molecular formula is C36H68N4O7. The predicted octanol–water partition coefficient (Wildman–Crippen LogP) is 5.44. The number of carbonyl (C=O) groups excluding carboxylic acids is 3. The number of rotatable bonds is 8. The maximum Gasteiger partial charge on any atom is 0.410 e. The molecule has 11 heteroatoms. The highest BCUT2D eigenvalue weighted by atomic mass is 16.6. The van der Waals surface area contributed by atoms with Crippen LogP contribution in [0.2, 0.25) is 0 Å². The Bertz CT molecular complexity index is 975. The highest BCUT2D eigenvalue weighted by Gasteiger charge is 2.26. The van der Waals surface area contributed by atoms with Crippen molar-refractivity contribution in [2.45, 2.75) is 130 Å². The van der Waals surface area contributed by atoms with Crippen molar-refractivity contribution in [3.63, 3.8) is 0 Å². The third-order valence-corrected chi connectivity index (χ3v) is 7.90. The van der Waals surface area contributed by atoms with Gasteiger partial charge in [0.25, 0.3) is 0 Å². The molecule has 0 aliphatic heterocycles. The summed E-state index contributed by atoms with van der Waals surface area (Å²) in [5.74, 6) is 0. The Kier molecular flexibility index (Phi) is 20.4. The minimum absolute atomic E-state index is 0.191. The Morgan fingerprint density at radius 3 is 1.79 bits per heavy atom. The second kappa shape index (κ2) is 21.5. The van der Waals surface area contributed by atoms with Gasteiger partial charge in [0, 0.05) is 52.2 Å². The van der Waals surface area contributed by atoms with Crippen LogP contribution >= 0.6 is 0 Å². The van der Waals surface area contributed by atoms with Crippen molar-refractivity contribution in [3.8, 4) is 0 Å². The lowest BCUT2D eigenvalue weighted by molar-refractivity contribution is -0.116. The second-order valence-corrected chi connectivity index (χ2v) is 15.5.